The van der Waals surface area contributed by atoms with E-state index < -0.39 is 4.92 Å². The van der Waals surface area contributed by atoms with Gasteiger partial charge in [-0.25, -0.2) is 0 Å². The minimum absolute atomic E-state index is 0.0337. The summed E-state index contributed by atoms with van der Waals surface area (Å²) in [6.07, 6.45) is 2.75. The highest BCUT2D eigenvalue weighted by atomic mass is 16.6. The summed E-state index contributed by atoms with van der Waals surface area (Å²) in [6, 6.07) is 0.151. The molecule has 0 atom stereocenters. The van der Waals surface area contributed by atoms with Gasteiger partial charge in [-0.1, -0.05) is 0 Å². The molecule has 2 N–H and O–H groups in total. The molecule has 1 heterocycles. The fraction of sp³-hybridized carbons (Fsp3) is 0.625. The molecule has 0 aliphatic heterocycles. The first-order valence-corrected chi connectivity index (χ1v) is 4.66. The topological polar surface area (TPSA) is 96.2 Å². The Morgan fingerprint density at radius 3 is 2.93 bits per heavy atom. The lowest BCUT2D eigenvalue weighted by Gasteiger charge is -2.31. The standard InChI is InChI=1S/C8H12N4O3/c1-11-4-7(12(13)14)8(10-11)15-6-2-5(9)3-6/h4-6H,2-3,9H2,1H3. The van der Waals surface area contributed by atoms with Crippen molar-refractivity contribution >= 4 is 5.69 Å². The largest absolute Gasteiger partial charge is 0.468 e. The second-order valence-electron chi connectivity index (χ2n) is 3.72. The molecule has 0 unspecified atom stereocenters. The molecule has 15 heavy (non-hydrogen) atoms. The van der Waals surface area contributed by atoms with Crippen molar-refractivity contribution in [2.75, 3.05) is 0 Å². The van der Waals surface area contributed by atoms with E-state index in [0.29, 0.717) is 0 Å². The van der Waals surface area contributed by atoms with E-state index in [-0.39, 0.29) is 23.7 Å². The first-order chi connectivity index (χ1) is 7.06. The third kappa shape index (κ3) is 1.91. The summed E-state index contributed by atoms with van der Waals surface area (Å²) < 4.78 is 6.75. The maximum absolute atomic E-state index is 10.6. The van der Waals surface area contributed by atoms with Gasteiger partial charge in [0, 0.05) is 13.1 Å². The minimum Gasteiger partial charge on any atom is -0.468 e. The van der Waals surface area contributed by atoms with Crippen molar-refractivity contribution in [3.05, 3.63) is 16.3 Å². The van der Waals surface area contributed by atoms with E-state index in [2.05, 4.69) is 5.10 Å². The zero-order valence-corrected chi connectivity index (χ0v) is 8.29. The van der Waals surface area contributed by atoms with Crippen LogP contribution in [0.2, 0.25) is 0 Å². The molecule has 2 rings (SSSR count). The van der Waals surface area contributed by atoms with Gasteiger partial charge >= 0.3 is 11.6 Å². The Labute approximate surface area is 86.0 Å². The van der Waals surface area contributed by atoms with Gasteiger partial charge in [-0.2, -0.15) is 0 Å². The molecule has 82 valence electrons. The third-order valence-electron chi connectivity index (χ3n) is 2.38. The highest BCUT2D eigenvalue weighted by molar-refractivity contribution is 5.38. The van der Waals surface area contributed by atoms with E-state index in [1.165, 1.54) is 10.9 Å². The number of nitro groups is 1. The summed E-state index contributed by atoms with van der Waals surface area (Å²) in [5.74, 6) is 0.0828. The predicted molar refractivity (Wildman–Crippen MR) is 51.5 cm³/mol. The van der Waals surface area contributed by atoms with Gasteiger partial charge in [0.05, 0.1) is 4.92 Å². The van der Waals surface area contributed by atoms with Gasteiger partial charge in [-0.3, -0.25) is 14.8 Å². The highest BCUT2D eigenvalue weighted by Crippen LogP contribution is 2.29. The monoisotopic (exact) mass is 212 g/mol. The Kier molecular flexibility index (Phi) is 2.31. The molecule has 7 nitrogen and oxygen atoms in total. The Morgan fingerprint density at radius 1 is 1.73 bits per heavy atom. The van der Waals surface area contributed by atoms with Crippen molar-refractivity contribution in [2.24, 2.45) is 12.8 Å². The summed E-state index contributed by atoms with van der Waals surface area (Å²) in [4.78, 5) is 10.1. The number of nitrogens with zero attached hydrogens (tertiary/aromatic N) is 3. The minimum atomic E-state index is -0.499. The smallest absolute Gasteiger partial charge is 0.350 e. The van der Waals surface area contributed by atoms with E-state index in [1.54, 1.807) is 7.05 Å². The Hall–Kier alpha value is -1.63. The second kappa shape index (κ2) is 3.50. The predicted octanol–water partition coefficient (Wildman–Crippen LogP) is 0.197. The molecule has 0 amide bonds. The Balaban J connectivity index is 2.10. The van der Waals surface area contributed by atoms with Gasteiger partial charge < -0.3 is 10.5 Å². The van der Waals surface area contributed by atoms with Crippen LogP contribution in [0.1, 0.15) is 12.8 Å². The zero-order chi connectivity index (χ0) is 11.0. The molecule has 0 aromatic carbocycles. The lowest BCUT2D eigenvalue weighted by atomic mass is 9.90. The molecule has 1 aromatic heterocycles. The van der Waals surface area contributed by atoms with Crippen LogP contribution in [0.15, 0.2) is 6.20 Å². The van der Waals surface area contributed by atoms with E-state index in [0.717, 1.165) is 12.8 Å². The van der Waals surface area contributed by atoms with Crippen LogP contribution >= 0.6 is 0 Å². The van der Waals surface area contributed by atoms with Gasteiger partial charge in [0.2, 0.25) is 0 Å². The van der Waals surface area contributed by atoms with Crippen LogP contribution in [0, 0.1) is 10.1 Å². The van der Waals surface area contributed by atoms with Gasteiger partial charge in [0.25, 0.3) is 0 Å². The molecule has 1 saturated carbocycles. The lowest BCUT2D eigenvalue weighted by Crippen LogP contribution is -2.43. The van der Waals surface area contributed by atoms with Crippen molar-refractivity contribution in [2.45, 2.75) is 25.0 Å². The number of hydrogen-bond acceptors (Lipinski definition) is 5. The lowest BCUT2D eigenvalue weighted by molar-refractivity contribution is -0.386. The summed E-state index contributed by atoms with van der Waals surface area (Å²) >= 11 is 0. The average molecular weight is 212 g/mol. The quantitative estimate of drug-likeness (QED) is 0.570. The SMILES string of the molecule is Cn1cc([N+](=O)[O-])c(OC2CC(N)C2)n1. The first kappa shape index (κ1) is 9.91. The van der Waals surface area contributed by atoms with Crippen molar-refractivity contribution in [3.63, 3.8) is 0 Å². The van der Waals surface area contributed by atoms with Crippen LogP contribution in [-0.2, 0) is 7.05 Å². The van der Waals surface area contributed by atoms with Crippen LogP contribution < -0.4 is 10.5 Å². The molecule has 1 aromatic rings. The molecular weight excluding hydrogens is 200 g/mol. The van der Waals surface area contributed by atoms with Gasteiger partial charge in [-0.05, 0) is 12.8 Å². The van der Waals surface area contributed by atoms with Crippen molar-refractivity contribution in [1.29, 1.82) is 0 Å². The van der Waals surface area contributed by atoms with Gasteiger partial charge in [-0.15, -0.1) is 5.10 Å². The Morgan fingerprint density at radius 2 is 2.40 bits per heavy atom. The van der Waals surface area contributed by atoms with Crippen LogP contribution in [-0.4, -0.2) is 26.8 Å². The molecule has 0 bridgehead atoms. The average Bonchev–Trinajstić information content (AvgIpc) is 2.44. The number of hydrogen-bond donors (Lipinski definition) is 1. The Bertz CT molecular complexity index is 383. The molecule has 0 saturated heterocycles. The molecule has 0 radical (unpaired) electrons. The van der Waals surface area contributed by atoms with Crippen LogP contribution in [0.5, 0.6) is 5.88 Å². The van der Waals surface area contributed by atoms with Crippen LogP contribution in [0.4, 0.5) is 5.69 Å². The molecule has 1 fully saturated rings. The van der Waals surface area contributed by atoms with Crippen molar-refractivity contribution < 1.29 is 9.66 Å². The van der Waals surface area contributed by atoms with Crippen molar-refractivity contribution in [3.8, 4) is 5.88 Å². The van der Waals surface area contributed by atoms with Crippen molar-refractivity contribution in [1.82, 2.24) is 9.78 Å². The van der Waals surface area contributed by atoms with E-state index in [1.807, 2.05) is 0 Å². The number of rotatable bonds is 3. The molecular formula is C8H12N4O3. The fourth-order valence-corrected chi connectivity index (χ4v) is 1.53. The summed E-state index contributed by atoms with van der Waals surface area (Å²) in [5, 5.41) is 14.5. The normalized spacial score (nSPS) is 24.7. The maximum Gasteiger partial charge on any atom is 0.350 e. The second-order valence-corrected chi connectivity index (χ2v) is 3.72. The van der Waals surface area contributed by atoms with E-state index in [9.17, 15) is 10.1 Å². The zero-order valence-electron chi connectivity index (χ0n) is 8.29. The fourth-order valence-electron chi connectivity index (χ4n) is 1.53. The number of ether oxygens (including phenoxy) is 1. The number of nitrogens with two attached hydrogens (primary N) is 1. The number of aromatic nitrogens is 2. The molecule has 1 aliphatic carbocycles. The van der Waals surface area contributed by atoms with Gasteiger partial charge in [0.1, 0.15) is 12.3 Å². The highest BCUT2D eigenvalue weighted by Gasteiger charge is 2.31. The first-order valence-electron chi connectivity index (χ1n) is 4.66. The summed E-state index contributed by atoms with van der Waals surface area (Å²) in [5.41, 5.74) is 5.49. The van der Waals surface area contributed by atoms with E-state index >= 15 is 0 Å². The van der Waals surface area contributed by atoms with Crippen LogP contribution in [0.25, 0.3) is 0 Å². The molecule has 7 heteroatoms. The number of aryl methyl sites for hydroxylation is 1. The summed E-state index contributed by atoms with van der Waals surface area (Å²) in [7, 11) is 1.62. The molecule has 1 aliphatic rings. The van der Waals surface area contributed by atoms with Gasteiger partial charge in [0.15, 0.2) is 0 Å². The van der Waals surface area contributed by atoms with Crippen LogP contribution in [0.3, 0.4) is 0 Å². The third-order valence-corrected chi connectivity index (χ3v) is 2.38. The maximum atomic E-state index is 10.6. The molecule has 0 spiro atoms. The summed E-state index contributed by atoms with van der Waals surface area (Å²) in [6.45, 7) is 0. The van der Waals surface area contributed by atoms with E-state index in [4.69, 9.17) is 10.5 Å².